The number of halogens is 1. The lowest BCUT2D eigenvalue weighted by molar-refractivity contribution is -0.121. The van der Waals surface area contributed by atoms with E-state index in [0.717, 1.165) is 0 Å². The first-order valence-corrected chi connectivity index (χ1v) is 10.9. The molecule has 0 atom stereocenters. The van der Waals surface area contributed by atoms with Crippen LogP contribution in [-0.2, 0) is 21.4 Å². The van der Waals surface area contributed by atoms with Gasteiger partial charge >= 0.3 is 0 Å². The summed E-state index contributed by atoms with van der Waals surface area (Å²) in [6.07, 6.45) is -0.0146. The minimum atomic E-state index is -3.71. The smallest absolute Gasteiger partial charge is 0.241 e. The molecule has 0 aliphatic rings. The van der Waals surface area contributed by atoms with E-state index in [1.807, 2.05) is 0 Å². The maximum absolute atomic E-state index is 12.3. The second-order valence-corrected chi connectivity index (χ2v) is 8.46. The Hall–Kier alpha value is -2.30. The fraction of sp³-hybridized carbons (Fsp3) is 0.316. The van der Waals surface area contributed by atoms with E-state index in [2.05, 4.69) is 26.0 Å². The van der Waals surface area contributed by atoms with Crippen LogP contribution in [0.3, 0.4) is 0 Å². The van der Waals surface area contributed by atoms with Crippen LogP contribution in [0.4, 0.5) is 0 Å². The van der Waals surface area contributed by atoms with Gasteiger partial charge < -0.3 is 19.5 Å². The quantitative estimate of drug-likeness (QED) is 0.534. The number of sulfonamides is 1. The summed E-state index contributed by atoms with van der Waals surface area (Å²) in [6, 6.07) is 9.86. The monoisotopic (exact) mass is 486 g/mol. The number of methoxy groups -OCH3 is 3. The van der Waals surface area contributed by atoms with Crippen LogP contribution in [0.1, 0.15) is 12.0 Å². The third-order valence-electron chi connectivity index (χ3n) is 4.03. The Morgan fingerprint density at radius 2 is 1.62 bits per heavy atom. The predicted octanol–water partition coefficient (Wildman–Crippen LogP) is 2.46. The summed E-state index contributed by atoms with van der Waals surface area (Å²) in [5, 5.41) is 2.74. The Bertz CT molecular complexity index is 965. The Morgan fingerprint density at radius 3 is 2.24 bits per heavy atom. The minimum absolute atomic E-state index is 0.0146. The zero-order chi connectivity index (χ0) is 21.4. The van der Waals surface area contributed by atoms with Crippen molar-refractivity contribution in [1.82, 2.24) is 10.0 Å². The molecule has 1 amide bonds. The molecule has 0 radical (unpaired) electrons. The van der Waals surface area contributed by atoms with E-state index < -0.39 is 10.0 Å². The maximum Gasteiger partial charge on any atom is 0.241 e. The van der Waals surface area contributed by atoms with Crippen LogP contribution in [0.25, 0.3) is 0 Å². The standard InChI is InChI=1S/C19H23BrN2O6S/c1-26-15-11-17(28-3)16(27-2)10-13(15)12-21-19(23)8-9-22-29(24,25)18-7-5-4-6-14(18)20/h4-7,10-11,22H,8-9,12H2,1-3H3,(H,21,23). The van der Waals surface area contributed by atoms with Gasteiger partial charge in [-0.25, -0.2) is 13.1 Å². The van der Waals surface area contributed by atoms with E-state index in [9.17, 15) is 13.2 Å². The third-order valence-corrected chi connectivity index (χ3v) is 6.51. The van der Waals surface area contributed by atoms with Gasteiger partial charge in [-0.1, -0.05) is 12.1 Å². The first-order chi connectivity index (χ1) is 13.8. The second-order valence-electron chi connectivity index (χ2n) is 5.87. The number of carbonyl (C=O) groups excluding carboxylic acids is 1. The topological polar surface area (TPSA) is 103 Å². The van der Waals surface area contributed by atoms with Crippen LogP contribution in [0.5, 0.6) is 17.2 Å². The van der Waals surface area contributed by atoms with Crippen molar-refractivity contribution >= 4 is 31.9 Å². The number of rotatable bonds is 10. The summed E-state index contributed by atoms with van der Waals surface area (Å²) in [5.74, 6) is 1.26. The van der Waals surface area contributed by atoms with Crippen LogP contribution in [0.15, 0.2) is 45.8 Å². The molecule has 2 aromatic rings. The molecule has 2 N–H and O–H groups in total. The van der Waals surface area contributed by atoms with E-state index in [0.29, 0.717) is 27.3 Å². The van der Waals surface area contributed by atoms with E-state index in [4.69, 9.17) is 14.2 Å². The molecule has 29 heavy (non-hydrogen) atoms. The zero-order valence-electron chi connectivity index (χ0n) is 16.3. The van der Waals surface area contributed by atoms with Crippen LogP contribution in [0.2, 0.25) is 0 Å². The van der Waals surface area contributed by atoms with Crippen molar-refractivity contribution in [3.05, 3.63) is 46.4 Å². The van der Waals surface area contributed by atoms with Gasteiger partial charge in [-0.2, -0.15) is 0 Å². The Labute approximate surface area is 178 Å². The minimum Gasteiger partial charge on any atom is -0.496 e. The van der Waals surface area contributed by atoms with Crippen molar-refractivity contribution in [2.45, 2.75) is 17.9 Å². The maximum atomic E-state index is 12.3. The highest BCUT2D eigenvalue weighted by Gasteiger charge is 2.17. The molecule has 0 heterocycles. The molecular formula is C19H23BrN2O6S. The number of ether oxygens (including phenoxy) is 3. The summed E-state index contributed by atoms with van der Waals surface area (Å²) >= 11 is 3.21. The molecule has 0 unspecified atom stereocenters. The summed E-state index contributed by atoms with van der Waals surface area (Å²) in [5.41, 5.74) is 0.701. The van der Waals surface area contributed by atoms with Crippen molar-refractivity contribution in [1.29, 1.82) is 0 Å². The molecule has 0 aliphatic carbocycles. The zero-order valence-corrected chi connectivity index (χ0v) is 18.7. The molecular weight excluding hydrogens is 464 g/mol. The first kappa shape index (κ1) is 23.0. The summed E-state index contributed by atoms with van der Waals surface area (Å²) in [6.45, 7) is 0.165. The first-order valence-electron chi connectivity index (χ1n) is 8.62. The molecule has 158 valence electrons. The van der Waals surface area contributed by atoms with E-state index in [-0.39, 0.29) is 30.3 Å². The molecule has 10 heteroatoms. The van der Waals surface area contributed by atoms with Crippen LogP contribution in [0, 0.1) is 0 Å². The SMILES string of the molecule is COc1cc(OC)c(OC)cc1CNC(=O)CCNS(=O)(=O)c1ccccc1Br. The van der Waals surface area contributed by atoms with Crippen LogP contribution >= 0.6 is 15.9 Å². The van der Waals surface area contributed by atoms with E-state index in [1.54, 1.807) is 30.3 Å². The highest BCUT2D eigenvalue weighted by Crippen LogP contribution is 2.34. The average Bonchev–Trinajstić information content (AvgIpc) is 2.71. The fourth-order valence-corrected chi connectivity index (χ4v) is 4.59. The molecule has 0 saturated heterocycles. The normalized spacial score (nSPS) is 11.0. The molecule has 0 aliphatic heterocycles. The lowest BCUT2D eigenvalue weighted by Gasteiger charge is -2.14. The van der Waals surface area contributed by atoms with E-state index >= 15 is 0 Å². The van der Waals surface area contributed by atoms with Crippen molar-refractivity contribution in [2.75, 3.05) is 27.9 Å². The summed E-state index contributed by atoms with van der Waals surface area (Å²) in [7, 11) is 0.848. The van der Waals surface area contributed by atoms with Crippen molar-refractivity contribution < 1.29 is 27.4 Å². The third kappa shape index (κ3) is 6.09. The molecule has 2 rings (SSSR count). The molecule has 2 aromatic carbocycles. The number of nitrogens with one attached hydrogen (secondary N) is 2. The number of hydrogen-bond acceptors (Lipinski definition) is 6. The van der Waals surface area contributed by atoms with Gasteiger partial charge in [0.25, 0.3) is 0 Å². The molecule has 0 fully saturated rings. The van der Waals surface area contributed by atoms with Crippen molar-refractivity contribution in [2.24, 2.45) is 0 Å². The van der Waals surface area contributed by atoms with Gasteiger partial charge in [-0.05, 0) is 34.1 Å². The van der Waals surface area contributed by atoms with Gasteiger partial charge in [-0.15, -0.1) is 0 Å². The summed E-state index contributed by atoms with van der Waals surface area (Å²) < 4.78 is 43.3. The van der Waals surface area contributed by atoms with E-state index in [1.165, 1.54) is 27.4 Å². The molecule has 8 nitrogen and oxygen atoms in total. The predicted molar refractivity (Wildman–Crippen MR) is 112 cm³/mol. The second kappa shape index (κ2) is 10.5. The number of amides is 1. The van der Waals surface area contributed by atoms with Crippen molar-refractivity contribution in [3.8, 4) is 17.2 Å². The van der Waals surface area contributed by atoms with Gasteiger partial charge in [0.15, 0.2) is 11.5 Å². The van der Waals surface area contributed by atoms with Gasteiger partial charge in [0, 0.05) is 35.6 Å². The van der Waals surface area contributed by atoms with Gasteiger partial charge in [0.2, 0.25) is 15.9 Å². The number of hydrogen-bond donors (Lipinski definition) is 2. The Morgan fingerprint density at radius 1 is 1.00 bits per heavy atom. The number of benzene rings is 2. The van der Waals surface area contributed by atoms with Gasteiger partial charge in [0.05, 0.1) is 26.2 Å². The van der Waals surface area contributed by atoms with Crippen molar-refractivity contribution in [3.63, 3.8) is 0 Å². The summed E-state index contributed by atoms with van der Waals surface area (Å²) in [4.78, 5) is 12.3. The molecule has 0 saturated carbocycles. The molecule has 0 aromatic heterocycles. The van der Waals surface area contributed by atoms with Crippen LogP contribution < -0.4 is 24.2 Å². The Balaban J connectivity index is 1.93. The lowest BCUT2D eigenvalue weighted by atomic mass is 10.1. The van der Waals surface area contributed by atoms with Gasteiger partial charge in [0.1, 0.15) is 5.75 Å². The van der Waals surface area contributed by atoms with Gasteiger partial charge in [-0.3, -0.25) is 4.79 Å². The molecule has 0 bridgehead atoms. The van der Waals surface area contributed by atoms with Crippen LogP contribution in [-0.4, -0.2) is 42.2 Å². The largest absolute Gasteiger partial charge is 0.496 e. The lowest BCUT2D eigenvalue weighted by Crippen LogP contribution is -2.30. The average molecular weight is 487 g/mol. The highest BCUT2D eigenvalue weighted by molar-refractivity contribution is 9.10. The molecule has 0 spiro atoms. The highest BCUT2D eigenvalue weighted by atomic mass is 79.9. The Kier molecular flexibility index (Phi) is 8.30. The number of carbonyl (C=O) groups is 1. The fourth-order valence-electron chi connectivity index (χ4n) is 2.55.